The monoisotopic (exact) mass is 571 g/mol. The molecule has 1 heterocycles. The second-order valence-electron chi connectivity index (χ2n) is 9.73. The van der Waals surface area contributed by atoms with E-state index < -0.39 is 34.1 Å². The van der Waals surface area contributed by atoms with E-state index in [9.17, 15) is 18.0 Å². The van der Waals surface area contributed by atoms with Gasteiger partial charge in [-0.15, -0.1) is 0 Å². The Kier molecular flexibility index (Phi) is 8.87. The van der Waals surface area contributed by atoms with E-state index in [1.165, 1.54) is 17.0 Å². The topological polar surface area (TPSA) is 105 Å². The van der Waals surface area contributed by atoms with Crippen molar-refractivity contribution in [2.24, 2.45) is 0 Å². The van der Waals surface area contributed by atoms with E-state index in [1.54, 1.807) is 31.2 Å². The highest BCUT2D eigenvalue weighted by molar-refractivity contribution is 7.92. The van der Waals surface area contributed by atoms with Crippen LogP contribution in [0.5, 0.6) is 11.5 Å². The van der Waals surface area contributed by atoms with Crippen LogP contribution in [-0.2, 0) is 26.2 Å². The Bertz CT molecular complexity index is 1280. The normalized spacial score (nSPS) is 13.7. The summed E-state index contributed by atoms with van der Waals surface area (Å²) in [7, 11) is -3.89. The highest BCUT2D eigenvalue weighted by Crippen LogP contribution is 2.36. The molecule has 1 aliphatic rings. The molecule has 1 aliphatic heterocycles. The van der Waals surface area contributed by atoms with Crippen LogP contribution in [0.3, 0.4) is 0 Å². The summed E-state index contributed by atoms with van der Waals surface area (Å²) in [4.78, 5) is 28.3. The molecule has 0 unspecified atom stereocenters. The van der Waals surface area contributed by atoms with Gasteiger partial charge in [-0.25, -0.2) is 8.42 Å². The second-order valence-corrected chi connectivity index (χ2v) is 12.5. The Morgan fingerprint density at radius 3 is 2.35 bits per heavy atom. The largest absolute Gasteiger partial charge is 0.454 e. The zero-order chi connectivity index (χ0) is 27.5. The summed E-state index contributed by atoms with van der Waals surface area (Å²) >= 11 is 12.4. The van der Waals surface area contributed by atoms with Gasteiger partial charge in [0.25, 0.3) is 0 Å². The molecule has 1 atom stereocenters. The average molecular weight is 573 g/mol. The predicted molar refractivity (Wildman–Crippen MR) is 144 cm³/mol. The first-order chi connectivity index (χ1) is 17.2. The highest BCUT2D eigenvalue weighted by Gasteiger charge is 2.33. The fourth-order valence-corrected chi connectivity index (χ4v) is 5.17. The number of halogens is 2. The molecule has 0 saturated carbocycles. The molecule has 0 saturated heterocycles. The van der Waals surface area contributed by atoms with Crippen LogP contribution in [0.2, 0.25) is 10.0 Å². The van der Waals surface area contributed by atoms with Gasteiger partial charge < -0.3 is 19.7 Å². The van der Waals surface area contributed by atoms with E-state index in [4.69, 9.17) is 32.7 Å². The summed E-state index contributed by atoms with van der Waals surface area (Å²) < 4.78 is 37.2. The van der Waals surface area contributed by atoms with Crippen LogP contribution < -0.4 is 19.1 Å². The number of amides is 2. The van der Waals surface area contributed by atoms with Crippen molar-refractivity contribution in [1.29, 1.82) is 0 Å². The zero-order valence-electron chi connectivity index (χ0n) is 21.4. The fourth-order valence-electron chi connectivity index (χ4n) is 3.86. The van der Waals surface area contributed by atoms with Crippen LogP contribution in [0, 0.1) is 0 Å². The number of nitrogens with zero attached hydrogens (tertiary/aromatic N) is 2. The van der Waals surface area contributed by atoms with Crippen molar-refractivity contribution < 1.29 is 27.5 Å². The lowest BCUT2D eigenvalue weighted by molar-refractivity contribution is -0.141. The van der Waals surface area contributed by atoms with E-state index in [2.05, 4.69) is 5.32 Å². The van der Waals surface area contributed by atoms with Crippen LogP contribution in [0.4, 0.5) is 5.69 Å². The molecule has 202 valence electrons. The maximum atomic E-state index is 13.8. The van der Waals surface area contributed by atoms with Gasteiger partial charge in [-0.1, -0.05) is 36.2 Å². The van der Waals surface area contributed by atoms with Gasteiger partial charge in [-0.3, -0.25) is 13.9 Å². The third kappa shape index (κ3) is 7.43. The van der Waals surface area contributed by atoms with Gasteiger partial charge in [0, 0.05) is 28.2 Å². The van der Waals surface area contributed by atoms with E-state index in [1.807, 2.05) is 20.8 Å². The predicted octanol–water partition coefficient (Wildman–Crippen LogP) is 4.21. The van der Waals surface area contributed by atoms with Crippen molar-refractivity contribution in [3.8, 4) is 11.5 Å². The van der Waals surface area contributed by atoms with Gasteiger partial charge in [-0.2, -0.15) is 0 Å². The number of fused-ring (bicyclic) bond motifs is 1. The third-order valence-corrected chi connectivity index (χ3v) is 7.29. The molecule has 0 aromatic heterocycles. The van der Waals surface area contributed by atoms with E-state index in [0.29, 0.717) is 33.5 Å². The maximum absolute atomic E-state index is 13.8. The molecule has 0 spiro atoms. The Balaban J connectivity index is 1.99. The molecule has 37 heavy (non-hydrogen) atoms. The first-order valence-corrected chi connectivity index (χ1v) is 14.2. The summed E-state index contributed by atoms with van der Waals surface area (Å²) in [5.41, 5.74) is 0.259. The van der Waals surface area contributed by atoms with Crippen LogP contribution in [0.25, 0.3) is 0 Å². The van der Waals surface area contributed by atoms with Crippen molar-refractivity contribution in [2.45, 2.75) is 52.2 Å². The van der Waals surface area contributed by atoms with Crippen LogP contribution in [-0.4, -0.2) is 56.3 Å². The summed E-state index contributed by atoms with van der Waals surface area (Å²) in [6.45, 7) is 6.75. The lowest BCUT2D eigenvalue weighted by Crippen LogP contribution is -2.55. The van der Waals surface area contributed by atoms with Gasteiger partial charge >= 0.3 is 0 Å². The number of sulfonamides is 1. The van der Waals surface area contributed by atoms with Gasteiger partial charge in [0.05, 0.1) is 11.9 Å². The lowest BCUT2D eigenvalue weighted by Gasteiger charge is -2.34. The molecule has 3 rings (SSSR count). The SMILES string of the molecule is CC[C@@H](C(=O)NC(C)(C)C)N(Cc1ccc(Cl)cc1Cl)C(=O)CN(c1ccc2c(c1)OCO2)S(C)(=O)=O. The minimum atomic E-state index is -3.89. The molecule has 0 aliphatic carbocycles. The van der Waals surface area contributed by atoms with Crippen LogP contribution in [0.1, 0.15) is 39.7 Å². The molecule has 2 amide bonds. The molecule has 2 aromatic carbocycles. The fraction of sp³-hybridized carbons (Fsp3) is 0.440. The summed E-state index contributed by atoms with van der Waals surface area (Å²) in [6, 6.07) is 8.59. The van der Waals surface area contributed by atoms with E-state index in [0.717, 1.165) is 10.6 Å². The number of carbonyl (C=O) groups excluding carboxylic acids is 2. The van der Waals surface area contributed by atoms with E-state index in [-0.39, 0.29) is 24.9 Å². The van der Waals surface area contributed by atoms with Crippen LogP contribution >= 0.6 is 23.2 Å². The number of rotatable bonds is 9. The molecule has 9 nitrogen and oxygen atoms in total. The molecule has 0 fully saturated rings. The molecular formula is C25H31Cl2N3O6S. The molecule has 12 heteroatoms. The smallest absolute Gasteiger partial charge is 0.244 e. The van der Waals surface area contributed by atoms with Crippen molar-refractivity contribution in [3.05, 3.63) is 52.0 Å². The number of hydrogen-bond acceptors (Lipinski definition) is 6. The number of benzene rings is 2. The van der Waals surface area contributed by atoms with Crippen molar-refractivity contribution in [3.63, 3.8) is 0 Å². The highest BCUT2D eigenvalue weighted by atomic mass is 35.5. The van der Waals surface area contributed by atoms with Crippen LogP contribution in [0.15, 0.2) is 36.4 Å². The minimum Gasteiger partial charge on any atom is -0.454 e. The number of anilines is 1. The van der Waals surface area contributed by atoms with Crippen molar-refractivity contribution in [1.82, 2.24) is 10.2 Å². The Labute approximate surface area is 227 Å². The Morgan fingerprint density at radius 1 is 1.08 bits per heavy atom. The van der Waals surface area contributed by atoms with Gasteiger partial charge in [0.1, 0.15) is 12.6 Å². The van der Waals surface area contributed by atoms with Crippen molar-refractivity contribution in [2.75, 3.05) is 23.9 Å². The van der Waals surface area contributed by atoms with Crippen molar-refractivity contribution >= 4 is 50.7 Å². The Morgan fingerprint density at radius 2 is 1.76 bits per heavy atom. The van der Waals surface area contributed by atoms with E-state index >= 15 is 0 Å². The molecular weight excluding hydrogens is 541 g/mol. The summed E-state index contributed by atoms with van der Waals surface area (Å²) in [5, 5.41) is 3.66. The van der Waals surface area contributed by atoms with Gasteiger partial charge in [0.15, 0.2) is 11.5 Å². The zero-order valence-corrected chi connectivity index (χ0v) is 23.7. The van der Waals surface area contributed by atoms with Gasteiger partial charge in [-0.05, 0) is 57.0 Å². The quantitative estimate of drug-likeness (QED) is 0.483. The first-order valence-electron chi connectivity index (χ1n) is 11.6. The third-order valence-electron chi connectivity index (χ3n) is 5.56. The first kappa shape index (κ1) is 28.9. The molecule has 2 aromatic rings. The lowest BCUT2D eigenvalue weighted by atomic mass is 10.1. The number of carbonyl (C=O) groups is 2. The second kappa shape index (κ2) is 11.4. The number of hydrogen-bond donors (Lipinski definition) is 1. The van der Waals surface area contributed by atoms with Gasteiger partial charge in [0.2, 0.25) is 28.6 Å². The molecule has 0 bridgehead atoms. The number of ether oxygens (including phenoxy) is 2. The minimum absolute atomic E-state index is 0.0211. The standard InChI is InChI=1S/C25H31Cl2N3O6S/c1-6-20(24(32)28-25(2,3)4)29(13-16-7-8-17(26)11-19(16)27)23(31)14-30(37(5,33)34)18-9-10-21-22(12-18)36-15-35-21/h7-12,20H,6,13-15H2,1-5H3,(H,28,32)/t20-/m0/s1. The molecule has 0 radical (unpaired) electrons. The Hall–Kier alpha value is -2.69. The summed E-state index contributed by atoms with van der Waals surface area (Å²) in [5.74, 6) is -0.0840. The number of nitrogens with one attached hydrogen (secondary N) is 1. The molecule has 1 N–H and O–H groups in total. The summed E-state index contributed by atoms with van der Waals surface area (Å²) in [6.07, 6.45) is 1.30. The average Bonchev–Trinajstić information content (AvgIpc) is 3.24. The maximum Gasteiger partial charge on any atom is 0.244 e.